The molecule has 0 amide bonds. The fourth-order valence-electron chi connectivity index (χ4n) is 2.19. The van der Waals surface area contributed by atoms with Crippen LogP contribution in [0.1, 0.15) is 12.5 Å². The van der Waals surface area contributed by atoms with Gasteiger partial charge in [0.25, 0.3) is 0 Å². The van der Waals surface area contributed by atoms with Crippen LogP contribution in [0.3, 0.4) is 0 Å². The minimum atomic E-state index is -4.56. The Balaban J connectivity index is 2.41. The van der Waals surface area contributed by atoms with Crippen LogP contribution >= 0.6 is 11.6 Å². The summed E-state index contributed by atoms with van der Waals surface area (Å²) < 4.78 is 64.0. The molecule has 1 aromatic carbocycles. The lowest BCUT2D eigenvalue weighted by Gasteiger charge is -2.33. The second kappa shape index (κ2) is 5.75. The lowest BCUT2D eigenvalue weighted by molar-refractivity contribution is -0.137. The van der Waals surface area contributed by atoms with Crippen molar-refractivity contribution in [2.75, 3.05) is 19.6 Å². The van der Waals surface area contributed by atoms with Gasteiger partial charge in [0.1, 0.15) is 4.90 Å². The van der Waals surface area contributed by atoms with Crippen molar-refractivity contribution in [1.82, 2.24) is 9.62 Å². The van der Waals surface area contributed by atoms with Crippen molar-refractivity contribution in [1.29, 1.82) is 0 Å². The number of rotatable bonds is 2. The fraction of sp³-hybridized carbons (Fsp3) is 0.500. The molecule has 0 spiro atoms. The SMILES string of the molecule is CC1CNCCN1S(=O)(=O)c1ccc(C(F)(F)F)cc1Cl. The van der Waals surface area contributed by atoms with Gasteiger partial charge in [0, 0.05) is 25.7 Å². The van der Waals surface area contributed by atoms with Crippen molar-refractivity contribution in [3.05, 3.63) is 28.8 Å². The fourth-order valence-corrected chi connectivity index (χ4v) is 4.34. The van der Waals surface area contributed by atoms with E-state index in [9.17, 15) is 21.6 Å². The van der Waals surface area contributed by atoms with Gasteiger partial charge in [-0.05, 0) is 25.1 Å². The number of nitrogens with zero attached hydrogens (tertiary/aromatic N) is 1. The lowest BCUT2D eigenvalue weighted by atomic mass is 10.2. The standard InChI is InChI=1S/C12H14ClF3N2O2S/c1-8-7-17-4-5-18(8)21(19,20)11-3-2-9(6-10(11)13)12(14,15)16/h2-3,6,8,17H,4-5,7H2,1H3. The van der Waals surface area contributed by atoms with Crippen molar-refractivity contribution in [2.24, 2.45) is 0 Å². The molecule has 1 atom stereocenters. The molecule has 9 heteroatoms. The molecule has 1 heterocycles. The first kappa shape index (κ1) is 16.5. The molecule has 1 fully saturated rings. The van der Waals surface area contributed by atoms with Crippen LogP contribution in [0.2, 0.25) is 5.02 Å². The summed E-state index contributed by atoms with van der Waals surface area (Å²) in [5.74, 6) is 0. The molecule has 118 valence electrons. The number of piperazine rings is 1. The van der Waals surface area contributed by atoms with Crippen LogP contribution in [-0.2, 0) is 16.2 Å². The van der Waals surface area contributed by atoms with E-state index in [1.165, 1.54) is 4.31 Å². The molecule has 21 heavy (non-hydrogen) atoms. The molecule has 0 aromatic heterocycles. The summed E-state index contributed by atoms with van der Waals surface area (Å²) in [5.41, 5.74) is -0.972. The van der Waals surface area contributed by atoms with Gasteiger partial charge in [-0.3, -0.25) is 0 Å². The summed E-state index contributed by atoms with van der Waals surface area (Å²) in [5, 5.41) is 2.62. The zero-order valence-electron chi connectivity index (χ0n) is 11.1. The Hall–Kier alpha value is -0.830. The highest BCUT2D eigenvalue weighted by molar-refractivity contribution is 7.89. The van der Waals surface area contributed by atoms with Crippen LogP contribution in [0.25, 0.3) is 0 Å². The Bertz CT molecular complexity index is 634. The summed E-state index contributed by atoms with van der Waals surface area (Å²) in [4.78, 5) is -0.300. The highest BCUT2D eigenvalue weighted by Crippen LogP contribution is 2.34. The van der Waals surface area contributed by atoms with Gasteiger partial charge in [-0.2, -0.15) is 17.5 Å². The first-order chi connectivity index (χ1) is 9.64. The molecule has 4 nitrogen and oxygen atoms in total. The van der Waals surface area contributed by atoms with Crippen LogP contribution in [0.15, 0.2) is 23.1 Å². The minimum Gasteiger partial charge on any atom is -0.314 e. The number of hydrogen-bond acceptors (Lipinski definition) is 3. The molecule has 1 N–H and O–H groups in total. The van der Waals surface area contributed by atoms with Gasteiger partial charge in [-0.25, -0.2) is 8.42 Å². The van der Waals surface area contributed by atoms with Crippen LogP contribution in [0.5, 0.6) is 0 Å². The van der Waals surface area contributed by atoms with Gasteiger partial charge >= 0.3 is 6.18 Å². The quantitative estimate of drug-likeness (QED) is 0.897. The largest absolute Gasteiger partial charge is 0.416 e. The van der Waals surface area contributed by atoms with E-state index >= 15 is 0 Å². The van der Waals surface area contributed by atoms with E-state index in [-0.39, 0.29) is 17.5 Å². The van der Waals surface area contributed by atoms with Crippen LogP contribution in [0, 0.1) is 0 Å². The Labute approximate surface area is 125 Å². The van der Waals surface area contributed by atoms with E-state index in [0.717, 1.165) is 12.1 Å². The predicted molar refractivity (Wildman–Crippen MR) is 72.7 cm³/mol. The number of benzene rings is 1. The average molecular weight is 343 g/mol. The predicted octanol–water partition coefficient (Wildman–Crippen LogP) is 2.34. The Morgan fingerprint density at radius 1 is 1.38 bits per heavy atom. The van der Waals surface area contributed by atoms with Gasteiger partial charge in [0.05, 0.1) is 10.6 Å². The molecule has 1 unspecified atom stereocenters. The van der Waals surface area contributed by atoms with Crippen molar-refractivity contribution in [3.8, 4) is 0 Å². The monoisotopic (exact) mass is 342 g/mol. The number of sulfonamides is 1. The van der Waals surface area contributed by atoms with Crippen LogP contribution < -0.4 is 5.32 Å². The van der Waals surface area contributed by atoms with Crippen molar-refractivity contribution in [3.63, 3.8) is 0 Å². The molecule has 0 bridgehead atoms. The maximum atomic E-state index is 12.6. The second-order valence-corrected chi connectivity index (χ2v) is 7.08. The number of halogens is 4. The van der Waals surface area contributed by atoms with Crippen molar-refractivity contribution in [2.45, 2.75) is 24.0 Å². The molecule has 0 radical (unpaired) electrons. The average Bonchev–Trinajstić information content (AvgIpc) is 2.37. The van der Waals surface area contributed by atoms with Gasteiger partial charge < -0.3 is 5.32 Å². The molecule has 1 aliphatic heterocycles. The topological polar surface area (TPSA) is 49.4 Å². The molecule has 1 saturated heterocycles. The Morgan fingerprint density at radius 2 is 2.05 bits per heavy atom. The van der Waals surface area contributed by atoms with E-state index in [1.54, 1.807) is 6.92 Å². The highest BCUT2D eigenvalue weighted by Gasteiger charge is 2.35. The molecule has 1 aliphatic rings. The summed E-state index contributed by atoms with van der Waals surface area (Å²) in [7, 11) is -3.91. The second-order valence-electron chi connectivity index (χ2n) is 4.81. The molecular formula is C12H14ClF3N2O2S. The van der Waals surface area contributed by atoms with E-state index < -0.39 is 26.8 Å². The third-order valence-corrected chi connectivity index (χ3v) is 5.78. The highest BCUT2D eigenvalue weighted by atomic mass is 35.5. The van der Waals surface area contributed by atoms with Gasteiger partial charge in [-0.1, -0.05) is 11.6 Å². The van der Waals surface area contributed by atoms with E-state index in [1.807, 2.05) is 0 Å². The first-order valence-corrected chi connectivity index (χ1v) is 8.05. The third-order valence-electron chi connectivity index (χ3n) is 3.29. The maximum Gasteiger partial charge on any atom is 0.416 e. The van der Waals surface area contributed by atoms with E-state index in [2.05, 4.69) is 5.32 Å². The zero-order valence-corrected chi connectivity index (χ0v) is 12.7. The summed E-state index contributed by atoms with van der Waals surface area (Å²) in [6, 6.07) is 1.99. The molecule has 0 saturated carbocycles. The molecular weight excluding hydrogens is 329 g/mol. The smallest absolute Gasteiger partial charge is 0.314 e. The molecule has 1 aromatic rings. The molecule has 0 aliphatic carbocycles. The minimum absolute atomic E-state index is 0.251. The summed E-state index contributed by atoms with van der Waals surface area (Å²) in [6.07, 6.45) is -4.56. The number of hydrogen-bond donors (Lipinski definition) is 1. The summed E-state index contributed by atoms with van der Waals surface area (Å²) in [6.45, 7) is 2.95. The Morgan fingerprint density at radius 3 is 2.57 bits per heavy atom. The van der Waals surface area contributed by atoms with Crippen LogP contribution in [-0.4, -0.2) is 38.4 Å². The third kappa shape index (κ3) is 3.33. The van der Waals surface area contributed by atoms with Gasteiger partial charge in [-0.15, -0.1) is 0 Å². The maximum absolute atomic E-state index is 12.6. The Kier molecular flexibility index (Phi) is 4.53. The number of alkyl halides is 3. The van der Waals surface area contributed by atoms with Crippen molar-refractivity contribution >= 4 is 21.6 Å². The van der Waals surface area contributed by atoms with E-state index in [0.29, 0.717) is 19.2 Å². The number of nitrogens with one attached hydrogen (secondary N) is 1. The summed E-state index contributed by atoms with van der Waals surface area (Å²) >= 11 is 5.77. The van der Waals surface area contributed by atoms with E-state index in [4.69, 9.17) is 11.6 Å². The van der Waals surface area contributed by atoms with Crippen molar-refractivity contribution < 1.29 is 21.6 Å². The van der Waals surface area contributed by atoms with Gasteiger partial charge in [0.2, 0.25) is 10.0 Å². The normalized spacial score (nSPS) is 21.5. The lowest BCUT2D eigenvalue weighted by Crippen LogP contribution is -2.52. The first-order valence-electron chi connectivity index (χ1n) is 6.23. The van der Waals surface area contributed by atoms with Crippen LogP contribution in [0.4, 0.5) is 13.2 Å². The van der Waals surface area contributed by atoms with Gasteiger partial charge in [0.15, 0.2) is 0 Å². The zero-order chi connectivity index (χ0) is 15.8. The molecule has 2 rings (SSSR count).